The monoisotopic (exact) mass is 265 g/mol. The Labute approximate surface area is 114 Å². The fourth-order valence-electron chi connectivity index (χ4n) is 2.87. The van der Waals surface area contributed by atoms with Gasteiger partial charge in [0.2, 0.25) is 5.76 Å². The van der Waals surface area contributed by atoms with Gasteiger partial charge in [-0.15, -0.1) is 0 Å². The Kier molecular flexibility index (Phi) is 4.30. The van der Waals surface area contributed by atoms with Gasteiger partial charge in [0.1, 0.15) is 0 Å². The van der Waals surface area contributed by atoms with E-state index < -0.39 is 5.97 Å². The molecule has 4 heteroatoms. The molecule has 1 aliphatic rings. The van der Waals surface area contributed by atoms with Crippen molar-refractivity contribution in [2.45, 2.75) is 52.1 Å². The van der Waals surface area contributed by atoms with Crippen molar-refractivity contribution in [1.82, 2.24) is 5.32 Å². The summed E-state index contributed by atoms with van der Waals surface area (Å²) in [5.74, 6) is -0.101. The van der Waals surface area contributed by atoms with Crippen LogP contribution < -0.4 is 5.32 Å². The van der Waals surface area contributed by atoms with Crippen LogP contribution in [0, 0.1) is 5.41 Å². The molecule has 1 aliphatic carbocycles. The molecule has 1 atom stereocenters. The van der Waals surface area contributed by atoms with E-state index >= 15 is 0 Å². The third-order valence-electron chi connectivity index (χ3n) is 3.90. The van der Waals surface area contributed by atoms with E-state index in [0.717, 1.165) is 5.56 Å². The molecule has 0 aromatic carbocycles. The maximum absolute atomic E-state index is 11.5. The molecule has 2 rings (SSSR count). The molecule has 1 fully saturated rings. The topological polar surface area (TPSA) is 51.5 Å². The van der Waals surface area contributed by atoms with Crippen LogP contribution in [-0.2, 0) is 11.3 Å². The minimum absolute atomic E-state index is 0.310. The summed E-state index contributed by atoms with van der Waals surface area (Å²) in [7, 11) is 1.37. The second-order valence-corrected chi connectivity index (χ2v) is 6.10. The van der Waals surface area contributed by atoms with Gasteiger partial charge in [-0.25, -0.2) is 4.79 Å². The maximum atomic E-state index is 11.5. The number of methoxy groups -OCH3 is 1. The lowest BCUT2D eigenvalue weighted by Gasteiger charge is -2.35. The highest BCUT2D eigenvalue weighted by atomic mass is 16.5. The quantitative estimate of drug-likeness (QED) is 0.850. The Bertz CT molecular complexity index is 436. The van der Waals surface area contributed by atoms with Gasteiger partial charge in [-0.2, -0.15) is 0 Å². The van der Waals surface area contributed by atoms with E-state index in [4.69, 9.17) is 9.15 Å². The first kappa shape index (κ1) is 14.1. The summed E-state index contributed by atoms with van der Waals surface area (Å²) in [5.41, 5.74) is 1.28. The number of hydrogen-bond acceptors (Lipinski definition) is 4. The summed E-state index contributed by atoms with van der Waals surface area (Å²) in [4.78, 5) is 11.5. The predicted octanol–water partition coefficient (Wildman–Crippen LogP) is 3.12. The second-order valence-electron chi connectivity index (χ2n) is 6.10. The van der Waals surface area contributed by atoms with Crippen molar-refractivity contribution >= 4 is 5.97 Å². The van der Waals surface area contributed by atoms with E-state index in [1.165, 1.54) is 39.1 Å². The Morgan fingerprint density at radius 1 is 1.58 bits per heavy atom. The average Bonchev–Trinajstić information content (AvgIpc) is 2.82. The van der Waals surface area contributed by atoms with Crippen molar-refractivity contribution in [3.8, 4) is 0 Å². The molecular weight excluding hydrogens is 242 g/mol. The highest BCUT2D eigenvalue weighted by Gasteiger charge is 2.28. The second kappa shape index (κ2) is 5.78. The number of nitrogens with one attached hydrogen (secondary N) is 1. The molecule has 106 valence electrons. The molecule has 1 aromatic heterocycles. The number of hydrogen-bond donors (Lipinski definition) is 1. The van der Waals surface area contributed by atoms with Gasteiger partial charge >= 0.3 is 5.97 Å². The molecule has 19 heavy (non-hydrogen) atoms. The van der Waals surface area contributed by atoms with Gasteiger partial charge in [0.05, 0.1) is 13.4 Å². The summed E-state index contributed by atoms with van der Waals surface area (Å²) in [6.07, 6.45) is 6.48. The van der Waals surface area contributed by atoms with Crippen molar-refractivity contribution in [2.24, 2.45) is 5.41 Å². The summed E-state index contributed by atoms with van der Waals surface area (Å²) in [6.45, 7) is 5.29. The van der Waals surface area contributed by atoms with Crippen molar-refractivity contribution < 1.29 is 13.9 Å². The number of carbonyl (C=O) groups is 1. The summed E-state index contributed by atoms with van der Waals surface area (Å²) in [6, 6.07) is 2.34. The fraction of sp³-hybridized carbons (Fsp3) is 0.667. The van der Waals surface area contributed by atoms with E-state index in [9.17, 15) is 4.79 Å². The van der Waals surface area contributed by atoms with Gasteiger partial charge in [0.15, 0.2) is 0 Å². The van der Waals surface area contributed by atoms with Crippen LogP contribution in [0.25, 0.3) is 0 Å². The van der Waals surface area contributed by atoms with Crippen LogP contribution in [0.4, 0.5) is 0 Å². The van der Waals surface area contributed by atoms with Crippen LogP contribution in [0.15, 0.2) is 16.7 Å². The first-order chi connectivity index (χ1) is 9.02. The molecule has 1 saturated carbocycles. The summed E-state index contributed by atoms with van der Waals surface area (Å²) < 4.78 is 9.88. The first-order valence-electron chi connectivity index (χ1n) is 6.90. The minimum Gasteiger partial charge on any atom is -0.463 e. The molecule has 0 radical (unpaired) electrons. The predicted molar refractivity (Wildman–Crippen MR) is 72.9 cm³/mol. The Hall–Kier alpha value is -1.29. The minimum atomic E-state index is -0.411. The molecule has 1 heterocycles. The van der Waals surface area contributed by atoms with E-state index in [0.29, 0.717) is 23.8 Å². The lowest BCUT2D eigenvalue weighted by Crippen LogP contribution is -2.37. The van der Waals surface area contributed by atoms with Crippen LogP contribution in [0.3, 0.4) is 0 Å². The van der Waals surface area contributed by atoms with Crippen LogP contribution in [0.2, 0.25) is 0 Å². The highest BCUT2D eigenvalue weighted by Crippen LogP contribution is 2.35. The summed E-state index contributed by atoms with van der Waals surface area (Å²) >= 11 is 0. The fourth-order valence-corrected chi connectivity index (χ4v) is 2.87. The zero-order chi connectivity index (χ0) is 13.9. The van der Waals surface area contributed by atoms with Crippen LogP contribution in [0.1, 0.15) is 55.6 Å². The van der Waals surface area contributed by atoms with Gasteiger partial charge in [-0.05, 0) is 30.7 Å². The van der Waals surface area contributed by atoms with Gasteiger partial charge < -0.3 is 14.5 Å². The molecule has 1 N–H and O–H groups in total. The number of rotatable bonds is 4. The molecule has 0 saturated heterocycles. The SMILES string of the molecule is COC(=O)c1occc1CNC1CCCC(C)(C)C1. The highest BCUT2D eigenvalue weighted by molar-refractivity contribution is 5.87. The smallest absolute Gasteiger partial charge is 0.374 e. The van der Waals surface area contributed by atoms with Gasteiger partial charge in [-0.3, -0.25) is 0 Å². The largest absolute Gasteiger partial charge is 0.463 e. The average molecular weight is 265 g/mol. The summed E-state index contributed by atoms with van der Waals surface area (Å²) in [5, 5.41) is 3.53. The number of carbonyl (C=O) groups excluding carboxylic acids is 1. The number of furan rings is 1. The molecule has 4 nitrogen and oxygen atoms in total. The lowest BCUT2D eigenvalue weighted by molar-refractivity contribution is 0.0563. The van der Waals surface area contributed by atoms with Crippen LogP contribution >= 0.6 is 0 Å². The maximum Gasteiger partial charge on any atom is 0.374 e. The zero-order valence-electron chi connectivity index (χ0n) is 12.0. The molecule has 0 aliphatic heterocycles. The Morgan fingerprint density at radius 3 is 3.05 bits per heavy atom. The molecule has 0 amide bonds. The normalized spacial score (nSPS) is 22.2. The van der Waals surface area contributed by atoms with Crippen molar-refractivity contribution in [1.29, 1.82) is 0 Å². The lowest BCUT2D eigenvalue weighted by atomic mass is 9.75. The van der Waals surface area contributed by atoms with E-state index in [1.807, 2.05) is 6.07 Å². The Morgan fingerprint density at radius 2 is 2.37 bits per heavy atom. The van der Waals surface area contributed by atoms with Gasteiger partial charge in [0.25, 0.3) is 0 Å². The van der Waals surface area contributed by atoms with Crippen molar-refractivity contribution in [3.63, 3.8) is 0 Å². The first-order valence-corrected chi connectivity index (χ1v) is 6.90. The standard InChI is InChI=1S/C15H23NO3/c1-15(2)7-4-5-12(9-15)16-10-11-6-8-19-13(11)14(17)18-3/h6,8,12,16H,4-5,7,9-10H2,1-3H3. The zero-order valence-corrected chi connectivity index (χ0v) is 12.0. The number of esters is 1. The molecule has 0 spiro atoms. The van der Waals surface area contributed by atoms with Crippen molar-refractivity contribution in [2.75, 3.05) is 7.11 Å². The molecule has 1 unspecified atom stereocenters. The number of ether oxygens (including phenoxy) is 1. The van der Waals surface area contributed by atoms with Gasteiger partial charge in [-0.1, -0.05) is 20.3 Å². The van der Waals surface area contributed by atoms with E-state index in [2.05, 4.69) is 19.2 Å². The molecule has 1 aromatic rings. The molecular formula is C15H23NO3. The van der Waals surface area contributed by atoms with Crippen molar-refractivity contribution in [3.05, 3.63) is 23.7 Å². The molecule has 0 bridgehead atoms. The van der Waals surface area contributed by atoms with Crippen LogP contribution in [-0.4, -0.2) is 19.1 Å². The third-order valence-corrected chi connectivity index (χ3v) is 3.90. The van der Waals surface area contributed by atoms with E-state index in [1.54, 1.807) is 0 Å². The third kappa shape index (κ3) is 3.60. The Balaban J connectivity index is 1.92. The van der Waals surface area contributed by atoms with E-state index in [-0.39, 0.29) is 0 Å². The van der Waals surface area contributed by atoms with Crippen LogP contribution in [0.5, 0.6) is 0 Å². The van der Waals surface area contributed by atoms with Gasteiger partial charge in [0, 0.05) is 18.2 Å².